The SMILES string of the molecule is [2H]C([2H])([2H])C1=C(/C=C/C(C)=C/c2cc(C)cc(=O)o2)C(C)(C)CCC1([2H])[2H]. The lowest BCUT2D eigenvalue weighted by Crippen LogP contribution is -2.19. The first-order chi connectivity index (χ1) is 12.2. The highest BCUT2D eigenvalue weighted by Gasteiger charge is 2.26. The highest BCUT2D eigenvalue weighted by Crippen LogP contribution is 2.40. The number of rotatable bonds is 3. The molecule has 0 saturated carbocycles. The van der Waals surface area contributed by atoms with Crippen LogP contribution < -0.4 is 5.63 Å². The number of aryl methyl sites for hydroxylation is 1. The summed E-state index contributed by atoms with van der Waals surface area (Å²) in [5.41, 5.74) is 1.09. The molecule has 118 valence electrons. The molecule has 0 fully saturated rings. The zero-order chi connectivity index (χ0) is 20.6. The van der Waals surface area contributed by atoms with Gasteiger partial charge in [-0.2, -0.15) is 0 Å². The average molecular weight is 303 g/mol. The smallest absolute Gasteiger partial charge is 0.336 e. The Hall–Kier alpha value is -1.83. The Labute approximate surface area is 140 Å². The number of hydrogen-bond donors (Lipinski definition) is 0. The van der Waals surface area contributed by atoms with Crippen molar-refractivity contribution in [2.45, 2.75) is 53.8 Å². The Morgan fingerprint density at radius 1 is 1.45 bits per heavy atom. The summed E-state index contributed by atoms with van der Waals surface area (Å²) in [6.45, 7) is 5.00. The Balaban J connectivity index is 2.50. The van der Waals surface area contributed by atoms with E-state index in [2.05, 4.69) is 0 Å². The molecule has 22 heavy (non-hydrogen) atoms. The average Bonchev–Trinajstić information content (AvgIpc) is 2.45. The van der Waals surface area contributed by atoms with Gasteiger partial charge >= 0.3 is 5.63 Å². The minimum Gasteiger partial charge on any atom is -0.423 e. The first kappa shape index (κ1) is 10.8. The largest absolute Gasteiger partial charge is 0.423 e. The fourth-order valence-corrected chi connectivity index (χ4v) is 2.56. The standard InChI is InChI=1S/C20H26O2/c1-14(11-17-12-15(2)13-19(21)22-17)8-9-18-16(3)7-6-10-20(18,4)5/h8-9,11-13H,6-7,10H2,1-5H3/b9-8+,14-11+/i3D3,7D2. The molecule has 1 aromatic heterocycles. The van der Waals surface area contributed by atoms with Crippen LogP contribution in [0.15, 0.2) is 50.2 Å². The molecule has 0 unspecified atom stereocenters. The van der Waals surface area contributed by atoms with E-state index in [-0.39, 0.29) is 12.0 Å². The minimum absolute atomic E-state index is 0.114. The van der Waals surface area contributed by atoms with Crippen molar-refractivity contribution in [1.82, 2.24) is 0 Å². The lowest BCUT2D eigenvalue weighted by Gasteiger charge is -2.32. The van der Waals surface area contributed by atoms with Crippen molar-refractivity contribution in [2.75, 3.05) is 0 Å². The predicted octanol–water partition coefficient (Wildman–Crippen LogP) is 5.43. The van der Waals surface area contributed by atoms with E-state index in [0.29, 0.717) is 17.8 Å². The molecule has 0 spiro atoms. The van der Waals surface area contributed by atoms with Gasteiger partial charge in [0.1, 0.15) is 5.76 Å². The third-order valence-corrected chi connectivity index (χ3v) is 3.87. The van der Waals surface area contributed by atoms with Crippen LogP contribution in [0.1, 0.15) is 65.0 Å². The molecule has 1 heterocycles. The summed E-state index contributed by atoms with van der Waals surface area (Å²) >= 11 is 0. The molecule has 0 N–H and O–H groups in total. The van der Waals surface area contributed by atoms with Gasteiger partial charge in [0, 0.05) is 12.9 Å². The molecule has 1 aromatic rings. The summed E-state index contributed by atoms with van der Waals surface area (Å²) in [4.78, 5) is 11.5. The molecule has 0 bridgehead atoms. The maximum atomic E-state index is 11.5. The molecule has 2 rings (SSSR count). The quantitative estimate of drug-likeness (QED) is 0.696. The van der Waals surface area contributed by atoms with Gasteiger partial charge in [-0.25, -0.2) is 4.79 Å². The zero-order valence-corrected chi connectivity index (χ0v) is 13.6. The predicted molar refractivity (Wildman–Crippen MR) is 92.8 cm³/mol. The van der Waals surface area contributed by atoms with Crippen LogP contribution in [0, 0.1) is 12.3 Å². The van der Waals surface area contributed by atoms with Gasteiger partial charge < -0.3 is 4.42 Å². The molecule has 0 amide bonds. The van der Waals surface area contributed by atoms with Crippen LogP contribution in [0.3, 0.4) is 0 Å². The second kappa shape index (κ2) is 6.51. The van der Waals surface area contributed by atoms with Crippen molar-refractivity contribution in [2.24, 2.45) is 5.41 Å². The fourth-order valence-electron chi connectivity index (χ4n) is 2.56. The maximum Gasteiger partial charge on any atom is 0.336 e. The van der Waals surface area contributed by atoms with E-state index in [0.717, 1.165) is 11.1 Å². The Bertz CT molecular complexity index is 867. The molecular weight excluding hydrogens is 272 g/mol. The molecule has 2 nitrogen and oxygen atoms in total. The van der Waals surface area contributed by atoms with Gasteiger partial charge in [-0.05, 0) is 74.2 Å². The van der Waals surface area contributed by atoms with Crippen LogP contribution in [-0.2, 0) is 0 Å². The van der Waals surface area contributed by atoms with Crippen LogP contribution in [0.5, 0.6) is 0 Å². The van der Waals surface area contributed by atoms with E-state index in [4.69, 9.17) is 11.3 Å². The number of hydrogen-bond acceptors (Lipinski definition) is 2. The van der Waals surface area contributed by atoms with Gasteiger partial charge in [-0.15, -0.1) is 0 Å². The first-order valence-corrected chi connectivity index (χ1v) is 7.46. The summed E-state index contributed by atoms with van der Waals surface area (Å²) in [6, 6.07) is 3.15. The number of allylic oxidation sites excluding steroid dienone is 5. The van der Waals surface area contributed by atoms with Gasteiger partial charge in [-0.3, -0.25) is 0 Å². The highest BCUT2D eigenvalue weighted by molar-refractivity contribution is 5.52. The summed E-state index contributed by atoms with van der Waals surface area (Å²) < 4.78 is 45.1. The van der Waals surface area contributed by atoms with Crippen LogP contribution >= 0.6 is 0 Å². The second-order valence-electron chi connectivity index (χ2n) is 6.43. The molecule has 1 aliphatic carbocycles. The fraction of sp³-hybridized carbons (Fsp3) is 0.450. The lowest BCUT2D eigenvalue weighted by atomic mass is 9.72. The van der Waals surface area contributed by atoms with Crippen LogP contribution in [0.2, 0.25) is 0 Å². The summed E-state index contributed by atoms with van der Waals surface area (Å²) in [6.07, 6.45) is 4.03. The van der Waals surface area contributed by atoms with Crippen molar-refractivity contribution in [3.8, 4) is 0 Å². The molecule has 0 atom stereocenters. The molecular formula is C20H26O2. The minimum atomic E-state index is -2.50. The van der Waals surface area contributed by atoms with Crippen molar-refractivity contribution < 1.29 is 11.3 Å². The monoisotopic (exact) mass is 303 g/mol. The third kappa shape index (κ3) is 4.09. The molecule has 0 aromatic carbocycles. The maximum absolute atomic E-state index is 11.5. The van der Waals surface area contributed by atoms with Crippen molar-refractivity contribution in [1.29, 1.82) is 0 Å². The summed E-state index contributed by atoms with van der Waals surface area (Å²) in [5.74, 6) is 0.422. The third-order valence-electron chi connectivity index (χ3n) is 3.87. The highest BCUT2D eigenvalue weighted by atomic mass is 16.4. The topological polar surface area (TPSA) is 30.2 Å². The zero-order valence-electron chi connectivity index (χ0n) is 18.6. The summed E-state index contributed by atoms with van der Waals surface area (Å²) in [7, 11) is 0. The van der Waals surface area contributed by atoms with Gasteiger partial charge in [0.05, 0.1) is 0 Å². The van der Waals surface area contributed by atoms with E-state index in [9.17, 15) is 4.79 Å². The second-order valence-corrected chi connectivity index (χ2v) is 6.43. The molecule has 0 aliphatic heterocycles. The van der Waals surface area contributed by atoms with E-state index in [1.165, 1.54) is 6.07 Å². The van der Waals surface area contributed by atoms with Crippen molar-refractivity contribution in [3.63, 3.8) is 0 Å². The van der Waals surface area contributed by atoms with E-state index < -0.39 is 24.3 Å². The lowest BCUT2D eigenvalue weighted by molar-refractivity contribution is 0.377. The van der Waals surface area contributed by atoms with E-state index >= 15 is 0 Å². The Morgan fingerprint density at radius 3 is 2.91 bits per heavy atom. The summed E-state index contributed by atoms with van der Waals surface area (Å²) in [5, 5.41) is 0. The first-order valence-electron chi connectivity index (χ1n) is 9.96. The normalized spacial score (nSPS) is 25.3. The van der Waals surface area contributed by atoms with Gasteiger partial charge in [0.2, 0.25) is 0 Å². The van der Waals surface area contributed by atoms with Gasteiger partial charge in [0.25, 0.3) is 0 Å². The van der Waals surface area contributed by atoms with Crippen molar-refractivity contribution >= 4 is 6.08 Å². The van der Waals surface area contributed by atoms with Gasteiger partial charge in [0.15, 0.2) is 0 Å². The molecule has 0 radical (unpaired) electrons. The molecule has 0 saturated heterocycles. The van der Waals surface area contributed by atoms with E-state index in [1.807, 2.05) is 20.8 Å². The van der Waals surface area contributed by atoms with Crippen molar-refractivity contribution in [3.05, 3.63) is 62.7 Å². The Morgan fingerprint density at radius 2 is 2.23 bits per heavy atom. The van der Waals surface area contributed by atoms with Crippen LogP contribution in [0.25, 0.3) is 6.08 Å². The molecule has 2 heteroatoms. The van der Waals surface area contributed by atoms with Crippen LogP contribution in [0.4, 0.5) is 0 Å². The Kier molecular flexibility index (Phi) is 3.20. The van der Waals surface area contributed by atoms with Crippen LogP contribution in [-0.4, -0.2) is 0 Å². The van der Waals surface area contributed by atoms with Gasteiger partial charge in [-0.1, -0.05) is 31.6 Å². The molecule has 1 aliphatic rings. The van der Waals surface area contributed by atoms with E-state index in [1.54, 1.807) is 31.2 Å².